The minimum Gasteiger partial charge on any atom is -0.508 e. The summed E-state index contributed by atoms with van der Waals surface area (Å²) in [5.41, 5.74) is 4.14. The van der Waals surface area contributed by atoms with Crippen molar-refractivity contribution >= 4 is 23.2 Å². The molecule has 0 saturated carbocycles. The number of carbonyl (C=O) groups excluding carboxylic acids is 2. The summed E-state index contributed by atoms with van der Waals surface area (Å²) in [7, 11) is 0. The highest BCUT2D eigenvalue weighted by Gasteiger charge is 2.35. The number of amides is 2. The van der Waals surface area contributed by atoms with Gasteiger partial charge in [0.25, 0.3) is 5.91 Å². The van der Waals surface area contributed by atoms with Crippen molar-refractivity contribution in [1.29, 1.82) is 0 Å². The van der Waals surface area contributed by atoms with Crippen LogP contribution in [0.25, 0.3) is 0 Å². The van der Waals surface area contributed by atoms with E-state index in [9.17, 15) is 14.7 Å². The molecule has 4 rings (SSSR count). The molecule has 2 aromatic rings. The highest BCUT2D eigenvalue weighted by molar-refractivity contribution is 6.03. The van der Waals surface area contributed by atoms with Gasteiger partial charge < -0.3 is 20.6 Å². The van der Waals surface area contributed by atoms with Crippen LogP contribution in [0.4, 0.5) is 11.4 Å². The van der Waals surface area contributed by atoms with Crippen molar-refractivity contribution in [2.45, 2.75) is 57.9 Å². The van der Waals surface area contributed by atoms with E-state index in [1.54, 1.807) is 18.2 Å². The van der Waals surface area contributed by atoms with E-state index in [4.69, 9.17) is 0 Å². The smallest absolute Gasteiger partial charge is 0.254 e. The third kappa shape index (κ3) is 3.87. The Kier molecular flexibility index (Phi) is 5.65. The fourth-order valence-electron chi connectivity index (χ4n) is 4.85. The summed E-state index contributed by atoms with van der Waals surface area (Å²) in [6.45, 7) is 7.36. The van der Waals surface area contributed by atoms with Gasteiger partial charge >= 0.3 is 0 Å². The second kappa shape index (κ2) is 8.25. The molecule has 0 saturated heterocycles. The van der Waals surface area contributed by atoms with Crippen LogP contribution >= 0.6 is 0 Å². The van der Waals surface area contributed by atoms with Crippen LogP contribution in [0.1, 0.15) is 61.5 Å². The first-order valence-corrected chi connectivity index (χ1v) is 11.2. The molecule has 2 aromatic carbocycles. The molecule has 0 spiro atoms. The minimum absolute atomic E-state index is 0.00431. The van der Waals surface area contributed by atoms with Crippen LogP contribution in [0.5, 0.6) is 5.75 Å². The Bertz CT molecular complexity index is 1020. The molecule has 3 N–H and O–H groups in total. The molecule has 6 heteroatoms. The largest absolute Gasteiger partial charge is 0.508 e. The number of phenols is 1. The minimum atomic E-state index is -0.104. The van der Waals surface area contributed by atoms with Gasteiger partial charge in [0.2, 0.25) is 5.91 Å². The monoisotopic (exact) mass is 421 g/mol. The lowest BCUT2D eigenvalue weighted by Crippen LogP contribution is -2.46. The summed E-state index contributed by atoms with van der Waals surface area (Å²) < 4.78 is 0. The number of phenolic OH excluding ortho intramolecular Hbond substituents is 1. The molecule has 2 heterocycles. The van der Waals surface area contributed by atoms with E-state index < -0.39 is 0 Å². The van der Waals surface area contributed by atoms with Gasteiger partial charge in [-0.3, -0.25) is 9.59 Å². The maximum atomic E-state index is 13.6. The van der Waals surface area contributed by atoms with Crippen molar-refractivity contribution in [2.75, 3.05) is 23.7 Å². The number of nitrogens with one attached hydrogen (secondary N) is 2. The molecule has 2 aliphatic heterocycles. The number of hydrogen-bond acceptors (Lipinski definition) is 4. The first-order valence-electron chi connectivity index (χ1n) is 11.2. The Morgan fingerprint density at radius 2 is 2.03 bits per heavy atom. The number of anilines is 2. The van der Waals surface area contributed by atoms with Gasteiger partial charge in [-0.15, -0.1) is 0 Å². The normalized spacial score (nSPS) is 23.0. The number of fused-ring (bicyclic) bond motifs is 2. The molecule has 2 aliphatic rings. The van der Waals surface area contributed by atoms with Crippen molar-refractivity contribution in [3.05, 3.63) is 53.1 Å². The fourth-order valence-corrected chi connectivity index (χ4v) is 4.85. The van der Waals surface area contributed by atoms with Gasteiger partial charge in [0.1, 0.15) is 5.75 Å². The Hall–Kier alpha value is -3.02. The molecule has 31 heavy (non-hydrogen) atoms. The van der Waals surface area contributed by atoms with E-state index in [-0.39, 0.29) is 29.8 Å². The van der Waals surface area contributed by atoms with Crippen molar-refractivity contribution in [2.24, 2.45) is 0 Å². The molecule has 164 valence electrons. The summed E-state index contributed by atoms with van der Waals surface area (Å²) in [5, 5.41) is 16.6. The molecular weight excluding hydrogens is 390 g/mol. The van der Waals surface area contributed by atoms with E-state index in [1.807, 2.05) is 17.0 Å². The van der Waals surface area contributed by atoms with Crippen molar-refractivity contribution in [1.82, 2.24) is 4.90 Å². The molecule has 0 aromatic heterocycles. The van der Waals surface area contributed by atoms with Gasteiger partial charge in [-0.05, 0) is 66.5 Å². The first kappa shape index (κ1) is 21.2. The van der Waals surface area contributed by atoms with Gasteiger partial charge in [0.05, 0.1) is 17.9 Å². The van der Waals surface area contributed by atoms with E-state index in [0.29, 0.717) is 30.0 Å². The van der Waals surface area contributed by atoms with Crippen LogP contribution in [0.2, 0.25) is 0 Å². The summed E-state index contributed by atoms with van der Waals surface area (Å²) in [5.74, 6) is 0.225. The Labute approximate surface area is 183 Å². The quantitative estimate of drug-likeness (QED) is 0.691. The maximum Gasteiger partial charge on any atom is 0.254 e. The summed E-state index contributed by atoms with van der Waals surface area (Å²) >= 11 is 0. The van der Waals surface area contributed by atoms with Crippen LogP contribution in [0.3, 0.4) is 0 Å². The lowest BCUT2D eigenvalue weighted by Gasteiger charge is -2.41. The second-order valence-corrected chi connectivity index (χ2v) is 8.89. The zero-order valence-corrected chi connectivity index (χ0v) is 18.5. The molecule has 0 radical (unpaired) electrons. The van der Waals surface area contributed by atoms with Crippen LogP contribution < -0.4 is 10.6 Å². The van der Waals surface area contributed by atoms with Crippen LogP contribution in [0, 0.1) is 0 Å². The number of carbonyl (C=O) groups is 2. The predicted octanol–water partition coefficient (Wildman–Crippen LogP) is 4.29. The lowest BCUT2D eigenvalue weighted by molar-refractivity contribution is -0.114. The first-order chi connectivity index (χ1) is 14.9. The highest BCUT2D eigenvalue weighted by Crippen LogP contribution is 2.40. The van der Waals surface area contributed by atoms with Crippen LogP contribution in [-0.2, 0) is 16.6 Å². The highest BCUT2D eigenvalue weighted by atomic mass is 16.3. The van der Waals surface area contributed by atoms with Gasteiger partial charge in [-0.2, -0.15) is 0 Å². The number of benzene rings is 2. The van der Waals surface area contributed by atoms with Gasteiger partial charge in [-0.25, -0.2) is 0 Å². The summed E-state index contributed by atoms with van der Waals surface area (Å²) in [6, 6.07) is 11.2. The van der Waals surface area contributed by atoms with Crippen LogP contribution in [0.15, 0.2) is 36.4 Å². The van der Waals surface area contributed by atoms with Crippen molar-refractivity contribution in [3.63, 3.8) is 0 Å². The van der Waals surface area contributed by atoms with Crippen LogP contribution in [-0.4, -0.2) is 41.0 Å². The Morgan fingerprint density at radius 1 is 1.23 bits per heavy atom. The third-order valence-electron chi connectivity index (χ3n) is 7.08. The Balaban J connectivity index is 1.69. The zero-order chi connectivity index (χ0) is 22.2. The summed E-state index contributed by atoms with van der Waals surface area (Å²) in [4.78, 5) is 27.2. The molecule has 2 amide bonds. The number of hydrogen-bond donors (Lipinski definition) is 3. The molecule has 0 aliphatic carbocycles. The topological polar surface area (TPSA) is 81.7 Å². The molecule has 2 atom stereocenters. The predicted molar refractivity (Wildman–Crippen MR) is 123 cm³/mol. The van der Waals surface area contributed by atoms with Crippen molar-refractivity contribution in [3.8, 4) is 5.75 Å². The van der Waals surface area contributed by atoms with Gasteiger partial charge in [-0.1, -0.05) is 32.9 Å². The second-order valence-electron chi connectivity index (χ2n) is 8.89. The third-order valence-corrected chi connectivity index (χ3v) is 7.08. The number of nitrogens with zero attached hydrogens (tertiary/aromatic N) is 1. The molecular formula is C25H31N3O3. The SMILES string of the molecule is CC[C@H]1Cc2c(O)cccc2[C@@](C)(CC)CCN1C(=O)c1ccc2c(c1)NCC(=O)N2. The van der Waals surface area contributed by atoms with Crippen molar-refractivity contribution < 1.29 is 14.7 Å². The van der Waals surface area contributed by atoms with E-state index in [1.165, 1.54) is 5.56 Å². The Morgan fingerprint density at radius 3 is 2.77 bits per heavy atom. The lowest BCUT2D eigenvalue weighted by atomic mass is 9.72. The van der Waals surface area contributed by atoms with E-state index >= 15 is 0 Å². The average molecular weight is 422 g/mol. The molecule has 0 fully saturated rings. The summed E-state index contributed by atoms with van der Waals surface area (Å²) in [6.07, 6.45) is 3.22. The average Bonchev–Trinajstić information content (AvgIpc) is 2.77. The number of aromatic hydroxyl groups is 1. The standard InChI is InChI=1S/C25H31N3O3/c1-4-17-14-18-19(7-6-8-22(18)29)25(3,5-2)11-12-28(17)24(31)16-9-10-20-21(13-16)26-15-23(30)27-20/h6-10,13,17,26,29H,4-5,11-12,14-15H2,1-3H3,(H,27,30)/t17-,25-/m0/s1. The molecule has 6 nitrogen and oxygen atoms in total. The fraction of sp³-hybridized carbons (Fsp3) is 0.440. The molecule has 0 unspecified atom stereocenters. The van der Waals surface area contributed by atoms with Gasteiger partial charge in [0, 0.05) is 18.2 Å². The number of rotatable bonds is 3. The zero-order valence-electron chi connectivity index (χ0n) is 18.5. The van der Waals surface area contributed by atoms with Gasteiger partial charge in [0.15, 0.2) is 0 Å². The van der Waals surface area contributed by atoms with E-state index in [2.05, 4.69) is 37.5 Å². The van der Waals surface area contributed by atoms with E-state index in [0.717, 1.165) is 30.5 Å². The molecule has 0 bridgehead atoms. The maximum absolute atomic E-state index is 13.6.